The maximum atomic E-state index is 9.07. The van der Waals surface area contributed by atoms with E-state index in [1.54, 1.807) is 0 Å². The van der Waals surface area contributed by atoms with Crippen LogP contribution >= 0.6 is 0 Å². The second-order valence-corrected chi connectivity index (χ2v) is 3.75. The summed E-state index contributed by atoms with van der Waals surface area (Å²) in [6.07, 6.45) is 1.09. The van der Waals surface area contributed by atoms with Crippen LogP contribution in [0, 0.1) is 17.2 Å². The van der Waals surface area contributed by atoms with Gasteiger partial charge in [-0.05, 0) is 5.92 Å². The Bertz CT molecular complexity index is 179. The van der Waals surface area contributed by atoms with Gasteiger partial charge in [0.2, 0.25) is 0 Å². The van der Waals surface area contributed by atoms with Crippen molar-refractivity contribution in [2.24, 2.45) is 5.92 Å². The molecule has 0 amide bonds. The maximum absolute atomic E-state index is 9.07. The number of hydrogen-bond acceptors (Lipinski definition) is 3. The fraction of sp³-hybridized carbons (Fsp3) is 0.900. The van der Waals surface area contributed by atoms with Crippen molar-refractivity contribution in [2.45, 2.75) is 26.3 Å². The predicted molar refractivity (Wildman–Crippen MR) is 53.3 cm³/mol. The summed E-state index contributed by atoms with van der Waals surface area (Å²) >= 11 is 0. The normalized spacial score (nSPS) is 23.5. The number of piperazine rings is 1. The molecule has 1 heterocycles. The van der Waals surface area contributed by atoms with Crippen LogP contribution in [0.15, 0.2) is 0 Å². The molecule has 74 valence electrons. The molecule has 0 spiro atoms. The van der Waals surface area contributed by atoms with Gasteiger partial charge in [-0.1, -0.05) is 20.3 Å². The summed E-state index contributed by atoms with van der Waals surface area (Å²) < 4.78 is 0. The topological polar surface area (TPSA) is 39.1 Å². The van der Waals surface area contributed by atoms with Crippen LogP contribution < -0.4 is 5.32 Å². The van der Waals surface area contributed by atoms with E-state index in [4.69, 9.17) is 5.26 Å². The second-order valence-electron chi connectivity index (χ2n) is 3.75. The zero-order valence-electron chi connectivity index (χ0n) is 8.58. The minimum absolute atomic E-state index is 0.118. The molecule has 1 N–H and O–H groups in total. The van der Waals surface area contributed by atoms with Crippen molar-refractivity contribution in [3.8, 4) is 6.07 Å². The zero-order chi connectivity index (χ0) is 9.68. The average Bonchev–Trinajstić information content (AvgIpc) is 2.20. The van der Waals surface area contributed by atoms with Gasteiger partial charge in [0, 0.05) is 26.2 Å². The number of nitriles is 1. The summed E-state index contributed by atoms with van der Waals surface area (Å²) in [6.45, 7) is 8.39. The van der Waals surface area contributed by atoms with Crippen molar-refractivity contribution in [2.75, 3.05) is 26.2 Å². The molecule has 0 aromatic carbocycles. The largest absolute Gasteiger partial charge is 0.314 e. The Hall–Kier alpha value is -0.590. The summed E-state index contributed by atoms with van der Waals surface area (Å²) in [7, 11) is 0. The van der Waals surface area contributed by atoms with Gasteiger partial charge in [-0.2, -0.15) is 5.26 Å². The lowest BCUT2D eigenvalue weighted by atomic mass is 9.98. The Balaban J connectivity index is 2.50. The number of rotatable bonds is 3. The Labute approximate surface area is 80.7 Å². The van der Waals surface area contributed by atoms with Crippen molar-refractivity contribution >= 4 is 0 Å². The van der Waals surface area contributed by atoms with Crippen LogP contribution in [0.4, 0.5) is 0 Å². The second kappa shape index (κ2) is 5.21. The Morgan fingerprint density at radius 2 is 2.08 bits per heavy atom. The van der Waals surface area contributed by atoms with Crippen LogP contribution in [0.2, 0.25) is 0 Å². The van der Waals surface area contributed by atoms with Gasteiger partial charge in [-0.25, -0.2) is 0 Å². The van der Waals surface area contributed by atoms with Crippen LogP contribution in [0.1, 0.15) is 20.3 Å². The SMILES string of the molecule is CCC(C)C(C#N)N1CCNCC1. The predicted octanol–water partition coefficient (Wildman–Crippen LogP) is 0.830. The third-order valence-electron chi connectivity index (χ3n) is 2.86. The minimum atomic E-state index is 0.118. The van der Waals surface area contributed by atoms with Crippen molar-refractivity contribution < 1.29 is 0 Å². The van der Waals surface area contributed by atoms with Crippen molar-refractivity contribution in [1.82, 2.24) is 10.2 Å². The van der Waals surface area contributed by atoms with E-state index in [1.165, 1.54) is 0 Å². The van der Waals surface area contributed by atoms with Gasteiger partial charge >= 0.3 is 0 Å². The first-order valence-corrected chi connectivity index (χ1v) is 5.14. The Kier molecular flexibility index (Phi) is 4.20. The smallest absolute Gasteiger partial charge is 0.100 e. The van der Waals surface area contributed by atoms with Crippen molar-refractivity contribution in [3.63, 3.8) is 0 Å². The average molecular weight is 181 g/mol. The van der Waals surface area contributed by atoms with Gasteiger partial charge in [-0.3, -0.25) is 4.90 Å². The summed E-state index contributed by atoms with van der Waals surface area (Å²) in [4.78, 5) is 2.30. The highest BCUT2D eigenvalue weighted by atomic mass is 15.2. The van der Waals surface area contributed by atoms with Gasteiger partial charge in [0.05, 0.1) is 6.07 Å². The molecule has 0 saturated carbocycles. The highest BCUT2D eigenvalue weighted by molar-refractivity contribution is 4.96. The third kappa shape index (κ3) is 2.68. The van der Waals surface area contributed by atoms with Crippen LogP contribution in [0.25, 0.3) is 0 Å². The number of nitrogens with one attached hydrogen (secondary N) is 1. The lowest BCUT2D eigenvalue weighted by Gasteiger charge is -2.33. The molecule has 0 radical (unpaired) electrons. The molecule has 1 aliphatic heterocycles. The summed E-state index contributed by atoms with van der Waals surface area (Å²) in [5.41, 5.74) is 0. The van der Waals surface area contributed by atoms with Crippen LogP contribution in [-0.4, -0.2) is 37.1 Å². The zero-order valence-corrected chi connectivity index (χ0v) is 8.58. The van der Waals surface area contributed by atoms with E-state index in [1.807, 2.05) is 0 Å². The van der Waals surface area contributed by atoms with E-state index in [0.717, 1.165) is 32.6 Å². The molecule has 3 nitrogen and oxygen atoms in total. The molecule has 3 heteroatoms. The number of hydrogen-bond donors (Lipinski definition) is 1. The molecule has 2 atom stereocenters. The van der Waals surface area contributed by atoms with Crippen LogP contribution in [0.3, 0.4) is 0 Å². The van der Waals surface area contributed by atoms with E-state index in [2.05, 4.69) is 30.1 Å². The highest BCUT2D eigenvalue weighted by Gasteiger charge is 2.23. The van der Waals surface area contributed by atoms with Gasteiger partial charge in [0.25, 0.3) is 0 Å². The number of nitrogens with zero attached hydrogens (tertiary/aromatic N) is 2. The summed E-state index contributed by atoms with van der Waals surface area (Å²) in [5, 5.41) is 12.4. The Morgan fingerprint density at radius 1 is 1.46 bits per heavy atom. The van der Waals surface area contributed by atoms with Crippen molar-refractivity contribution in [1.29, 1.82) is 5.26 Å². The lowest BCUT2D eigenvalue weighted by Crippen LogP contribution is -2.49. The quantitative estimate of drug-likeness (QED) is 0.701. The minimum Gasteiger partial charge on any atom is -0.314 e. The first kappa shape index (κ1) is 10.5. The molecule has 1 aliphatic rings. The molecule has 1 rings (SSSR count). The first-order chi connectivity index (χ1) is 6.29. The monoisotopic (exact) mass is 181 g/mol. The van der Waals surface area contributed by atoms with E-state index in [9.17, 15) is 0 Å². The molecule has 0 aromatic heterocycles. The molecule has 1 fully saturated rings. The summed E-state index contributed by atoms with van der Waals surface area (Å²) in [5.74, 6) is 0.489. The standard InChI is InChI=1S/C10H19N3/c1-3-9(2)10(8-11)13-6-4-12-5-7-13/h9-10,12H,3-7H2,1-2H3. The van der Waals surface area contributed by atoms with Gasteiger partial charge in [0.1, 0.15) is 6.04 Å². The van der Waals surface area contributed by atoms with E-state index in [-0.39, 0.29) is 6.04 Å². The third-order valence-corrected chi connectivity index (χ3v) is 2.86. The molecule has 0 bridgehead atoms. The fourth-order valence-electron chi connectivity index (χ4n) is 1.75. The molecule has 0 aliphatic carbocycles. The highest BCUT2D eigenvalue weighted by Crippen LogP contribution is 2.14. The molecular formula is C10H19N3. The van der Waals surface area contributed by atoms with Gasteiger partial charge < -0.3 is 5.32 Å². The molecular weight excluding hydrogens is 162 g/mol. The first-order valence-electron chi connectivity index (χ1n) is 5.14. The summed E-state index contributed by atoms with van der Waals surface area (Å²) in [6, 6.07) is 2.54. The van der Waals surface area contributed by atoms with Crippen LogP contribution in [-0.2, 0) is 0 Å². The Morgan fingerprint density at radius 3 is 2.54 bits per heavy atom. The lowest BCUT2D eigenvalue weighted by molar-refractivity contribution is 0.165. The molecule has 2 unspecified atom stereocenters. The van der Waals surface area contributed by atoms with E-state index >= 15 is 0 Å². The van der Waals surface area contributed by atoms with Crippen molar-refractivity contribution in [3.05, 3.63) is 0 Å². The molecule has 13 heavy (non-hydrogen) atoms. The van der Waals surface area contributed by atoms with Crippen LogP contribution in [0.5, 0.6) is 0 Å². The van der Waals surface area contributed by atoms with E-state index < -0.39 is 0 Å². The maximum Gasteiger partial charge on any atom is 0.100 e. The van der Waals surface area contributed by atoms with E-state index in [0.29, 0.717) is 5.92 Å². The molecule has 1 saturated heterocycles. The van der Waals surface area contributed by atoms with Gasteiger partial charge in [0.15, 0.2) is 0 Å². The fourth-order valence-corrected chi connectivity index (χ4v) is 1.75. The van der Waals surface area contributed by atoms with Gasteiger partial charge in [-0.15, -0.1) is 0 Å². The molecule has 0 aromatic rings.